The fourth-order valence-electron chi connectivity index (χ4n) is 2.16. The number of nitrogens with zero attached hydrogens (tertiary/aromatic N) is 3. The second-order valence-corrected chi connectivity index (χ2v) is 4.49. The lowest BCUT2D eigenvalue weighted by atomic mass is 10.1. The van der Waals surface area contributed by atoms with Crippen LogP contribution in [0.25, 0.3) is 16.9 Å². The summed E-state index contributed by atoms with van der Waals surface area (Å²) in [5.41, 5.74) is 2.47. The van der Waals surface area contributed by atoms with Crippen molar-refractivity contribution in [1.82, 2.24) is 9.78 Å². The van der Waals surface area contributed by atoms with Gasteiger partial charge in [-0.25, -0.2) is 4.68 Å². The first-order valence-electron chi connectivity index (χ1n) is 6.26. The van der Waals surface area contributed by atoms with Crippen LogP contribution in [0.3, 0.4) is 0 Å². The molecule has 102 valence electrons. The number of rotatable bonds is 2. The Morgan fingerprint density at radius 2 is 1.90 bits per heavy atom. The number of benzene rings is 2. The highest BCUT2D eigenvalue weighted by molar-refractivity contribution is 5.69. The van der Waals surface area contributed by atoms with E-state index < -0.39 is 0 Å². The van der Waals surface area contributed by atoms with E-state index in [1.54, 1.807) is 41.2 Å². The molecule has 0 aliphatic carbocycles. The summed E-state index contributed by atoms with van der Waals surface area (Å²) in [4.78, 5) is 0. The van der Waals surface area contributed by atoms with Gasteiger partial charge in [-0.2, -0.15) is 10.4 Å². The molecular formula is C16H11N3O2. The van der Waals surface area contributed by atoms with Crippen LogP contribution >= 0.6 is 0 Å². The number of phenolic OH excluding ortho intramolecular Hbond substituents is 2. The molecule has 0 atom stereocenters. The maximum atomic E-state index is 9.98. The molecule has 0 aliphatic rings. The molecule has 3 rings (SSSR count). The normalized spacial score (nSPS) is 10.2. The number of phenols is 2. The monoisotopic (exact) mass is 277 g/mol. The number of hydrogen-bond donors (Lipinski definition) is 2. The molecule has 2 aromatic carbocycles. The Hall–Kier alpha value is -3.26. The summed E-state index contributed by atoms with van der Waals surface area (Å²) in [6.07, 6.45) is 1.61. The smallest absolute Gasteiger partial charge is 0.128 e. The van der Waals surface area contributed by atoms with Gasteiger partial charge in [0.15, 0.2) is 0 Å². The molecule has 0 fully saturated rings. The second kappa shape index (κ2) is 5.02. The predicted molar refractivity (Wildman–Crippen MR) is 77.0 cm³/mol. The fraction of sp³-hybridized carbons (Fsp3) is 0. The Bertz CT molecular complexity index is 847. The summed E-state index contributed by atoms with van der Waals surface area (Å²) in [5, 5.41) is 32.6. The SMILES string of the molecule is N#Cc1cccc(-n2nccc2-c2ccc(O)cc2O)c1. The van der Waals surface area contributed by atoms with Gasteiger partial charge in [-0.05, 0) is 36.4 Å². The largest absolute Gasteiger partial charge is 0.508 e. The molecule has 21 heavy (non-hydrogen) atoms. The fourth-order valence-corrected chi connectivity index (χ4v) is 2.16. The molecular weight excluding hydrogens is 266 g/mol. The Morgan fingerprint density at radius 1 is 1.05 bits per heavy atom. The third-order valence-corrected chi connectivity index (χ3v) is 3.12. The molecule has 0 amide bonds. The van der Waals surface area contributed by atoms with Crippen molar-refractivity contribution >= 4 is 0 Å². The van der Waals surface area contributed by atoms with Crippen LogP contribution in [0.4, 0.5) is 0 Å². The highest BCUT2D eigenvalue weighted by Gasteiger charge is 2.12. The minimum absolute atomic E-state index is 0.00575. The summed E-state index contributed by atoms with van der Waals surface area (Å²) in [6, 6.07) is 15.3. The lowest BCUT2D eigenvalue weighted by molar-refractivity contribution is 0.451. The average Bonchev–Trinajstić information content (AvgIpc) is 2.96. The van der Waals surface area contributed by atoms with Gasteiger partial charge in [-0.1, -0.05) is 6.07 Å². The van der Waals surface area contributed by atoms with Gasteiger partial charge in [0, 0.05) is 11.6 Å². The molecule has 0 spiro atoms. The van der Waals surface area contributed by atoms with Gasteiger partial charge in [-0.3, -0.25) is 0 Å². The number of aromatic nitrogens is 2. The van der Waals surface area contributed by atoms with Gasteiger partial charge in [0.05, 0.1) is 29.2 Å². The minimum atomic E-state index is -0.0341. The third-order valence-electron chi connectivity index (χ3n) is 3.12. The second-order valence-electron chi connectivity index (χ2n) is 4.49. The number of hydrogen-bond acceptors (Lipinski definition) is 4. The lowest BCUT2D eigenvalue weighted by Crippen LogP contribution is -1.99. The molecule has 5 nitrogen and oxygen atoms in total. The van der Waals surface area contributed by atoms with Crippen LogP contribution in [0.2, 0.25) is 0 Å². The van der Waals surface area contributed by atoms with Crippen molar-refractivity contribution in [1.29, 1.82) is 5.26 Å². The van der Waals surface area contributed by atoms with Crippen LogP contribution in [0.15, 0.2) is 54.7 Å². The standard InChI is InChI=1S/C16H11N3O2/c17-10-11-2-1-3-12(8-11)19-15(6-7-18-19)14-5-4-13(20)9-16(14)21/h1-9,20-21H. The molecule has 3 aromatic rings. The van der Waals surface area contributed by atoms with E-state index in [2.05, 4.69) is 11.2 Å². The van der Waals surface area contributed by atoms with Crippen molar-refractivity contribution in [3.8, 4) is 34.5 Å². The van der Waals surface area contributed by atoms with Crippen molar-refractivity contribution < 1.29 is 10.2 Å². The van der Waals surface area contributed by atoms with Crippen molar-refractivity contribution in [2.75, 3.05) is 0 Å². The van der Waals surface area contributed by atoms with Gasteiger partial charge in [-0.15, -0.1) is 0 Å². The third kappa shape index (κ3) is 2.30. The first kappa shape index (κ1) is 12.8. The van der Waals surface area contributed by atoms with Crippen LogP contribution in [0, 0.1) is 11.3 Å². The quantitative estimate of drug-likeness (QED) is 0.754. The summed E-state index contributed by atoms with van der Waals surface area (Å²) in [6.45, 7) is 0. The Morgan fingerprint density at radius 3 is 2.67 bits per heavy atom. The van der Waals surface area contributed by atoms with Crippen LogP contribution in [0.5, 0.6) is 11.5 Å². The maximum absolute atomic E-state index is 9.98. The van der Waals surface area contributed by atoms with E-state index in [0.29, 0.717) is 16.8 Å². The maximum Gasteiger partial charge on any atom is 0.128 e. The minimum Gasteiger partial charge on any atom is -0.508 e. The first-order valence-corrected chi connectivity index (χ1v) is 6.26. The van der Waals surface area contributed by atoms with Gasteiger partial charge in [0.1, 0.15) is 11.5 Å². The molecule has 1 heterocycles. The van der Waals surface area contributed by atoms with Crippen molar-refractivity contribution in [2.24, 2.45) is 0 Å². The molecule has 0 saturated carbocycles. The molecule has 0 saturated heterocycles. The van der Waals surface area contributed by atoms with Crippen LogP contribution in [0.1, 0.15) is 5.56 Å². The van der Waals surface area contributed by atoms with Gasteiger partial charge >= 0.3 is 0 Å². The summed E-state index contributed by atoms with van der Waals surface area (Å²) in [5.74, 6) is -0.0398. The molecule has 0 unspecified atom stereocenters. The zero-order valence-corrected chi connectivity index (χ0v) is 10.9. The molecule has 0 aliphatic heterocycles. The Balaban J connectivity index is 2.15. The van der Waals surface area contributed by atoms with Crippen molar-refractivity contribution in [3.05, 3.63) is 60.3 Å². The van der Waals surface area contributed by atoms with Crippen LogP contribution in [-0.4, -0.2) is 20.0 Å². The van der Waals surface area contributed by atoms with Crippen molar-refractivity contribution in [2.45, 2.75) is 0 Å². The van der Waals surface area contributed by atoms with Crippen LogP contribution in [-0.2, 0) is 0 Å². The molecule has 2 N–H and O–H groups in total. The number of nitriles is 1. The summed E-state index contributed by atoms with van der Waals surface area (Å²) >= 11 is 0. The van der Waals surface area contributed by atoms with E-state index in [-0.39, 0.29) is 11.5 Å². The van der Waals surface area contributed by atoms with E-state index in [1.165, 1.54) is 12.1 Å². The van der Waals surface area contributed by atoms with E-state index in [0.717, 1.165) is 5.69 Å². The van der Waals surface area contributed by atoms with Crippen LogP contribution < -0.4 is 0 Å². The Labute approximate surface area is 120 Å². The van der Waals surface area contributed by atoms with E-state index >= 15 is 0 Å². The molecule has 1 aromatic heterocycles. The molecule has 0 radical (unpaired) electrons. The van der Waals surface area contributed by atoms with E-state index in [9.17, 15) is 10.2 Å². The molecule has 5 heteroatoms. The van der Waals surface area contributed by atoms with Gasteiger partial charge in [0.2, 0.25) is 0 Å². The molecule has 0 bridgehead atoms. The highest BCUT2D eigenvalue weighted by atomic mass is 16.3. The van der Waals surface area contributed by atoms with E-state index in [4.69, 9.17) is 5.26 Å². The summed E-state index contributed by atoms with van der Waals surface area (Å²) < 4.78 is 1.63. The van der Waals surface area contributed by atoms with Gasteiger partial charge < -0.3 is 10.2 Å². The number of aromatic hydroxyl groups is 2. The van der Waals surface area contributed by atoms with Gasteiger partial charge in [0.25, 0.3) is 0 Å². The average molecular weight is 277 g/mol. The first-order chi connectivity index (χ1) is 10.2. The topological polar surface area (TPSA) is 82.1 Å². The lowest BCUT2D eigenvalue weighted by Gasteiger charge is -2.09. The Kier molecular flexibility index (Phi) is 3.05. The highest BCUT2D eigenvalue weighted by Crippen LogP contribution is 2.32. The van der Waals surface area contributed by atoms with Crippen molar-refractivity contribution in [3.63, 3.8) is 0 Å². The van der Waals surface area contributed by atoms with E-state index in [1.807, 2.05) is 6.07 Å². The zero-order chi connectivity index (χ0) is 14.8. The zero-order valence-electron chi connectivity index (χ0n) is 10.9. The summed E-state index contributed by atoms with van der Waals surface area (Å²) in [7, 11) is 0. The predicted octanol–water partition coefficient (Wildman–Crippen LogP) is 2.82.